The zero-order valence-electron chi connectivity index (χ0n) is 15.2. The molecule has 0 unspecified atom stereocenters. The Kier molecular flexibility index (Phi) is 6.53. The molecular formula is C20H20ClN3O2S. The number of hydrogen-bond donors (Lipinski definition) is 0. The summed E-state index contributed by atoms with van der Waals surface area (Å²) in [5.41, 5.74) is 3.26. The lowest BCUT2D eigenvalue weighted by Gasteiger charge is -2.14. The Labute approximate surface area is 167 Å². The molecule has 3 rings (SSSR count). The lowest BCUT2D eigenvalue weighted by Crippen LogP contribution is -2.28. The SMILES string of the molecule is Cc1ccc(CSCC(=O)N(C)Cc2nc(-c3ccc(Cl)cc3)no2)cc1. The third kappa shape index (κ3) is 5.58. The molecule has 2 aromatic carbocycles. The molecule has 1 heterocycles. The minimum absolute atomic E-state index is 0.0263. The molecule has 7 heteroatoms. The summed E-state index contributed by atoms with van der Waals surface area (Å²) in [6.07, 6.45) is 0. The van der Waals surface area contributed by atoms with Crippen molar-refractivity contribution in [2.75, 3.05) is 12.8 Å². The van der Waals surface area contributed by atoms with Crippen LogP contribution in [0.15, 0.2) is 53.1 Å². The number of halogens is 1. The molecule has 0 radical (unpaired) electrons. The van der Waals surface area contributed by atoms with E-state index in [9.17, 15) is 4.79 Å². The lowest BCUT2D eigenvalue weighted by molar-refractivity contribution is -0.127. The molecule has 0 saturated carbocycles. The number of carbonyl (C=O) groups excluding carboxylic acids is 1. The highest BCUT2D eigenvalue weighted by molar-refractivity contribution is 7.99. The molecule has 0 N–H and O–H groups in total. The molecule has 0 aliphatic heterocycles. The number of hydrogen-bond acceptors (Lipinski definition) is 5. The minimum atomic E-state index is 0.0263. The Morgan fingerprint density at radius 3 is 2.56 bits per heavy atom. The Morgan fingerprint density at radius 1 is 1.15 bits per heavy atom. The topological polar surface area (TPSA) is 59.2 Å². The van der Waals surface area contributed by atoms with Gasteiger partial charge in [0, 0.05) is 23.4 Å². The van der Waals surface area contributed by atoms with Gasteiger partial charge in [-0.2, -0.15) is 4.98 Å². The van der Waals surface area contributed by atoms with E-state index < -0.39 is 0 Å². The lowest BCUT2D eigenvalue weighted by atomic mass is 10.2. The first-order valence-electron chi connectivity index (χ1n) is 8.47. The summed E-state index contributed by atoms with van der Waals surface area (Å²) in [6.45, 7) is 2.34. The predicted octanol–water partition coefficient (Wildman–Crippen LogP) is 4.59. The van der Waals surface area contributed by atoms with Gasteiger partial charge in [0.1, 0.15) is 0 Å². The summed E-state index contributed by atoms with van der Waals surface area (Å²) in [7, 11) is 1.74. The predicted molar refractivity (Wildman–Crippen MR) is 109 cm³/mol. The summed E-state index contributed by atoms with van der Waals surface area (Å²) in [5.74, 6) is 2.12. The van der Waals surface area contributed by atoms with E-state index in [-0.39, 0.29) is 12.5 Å². The monoisotopic (exact) mass is 401 g/mol. The minimum Gasteiger partial charge on any atom is -0.337 e. The van der Waals surface area contributed by atoms with Gasteiger partial charge in [-0.15, -0.1) is 11.8 Å². The average molecular weight is 402 g/mol. The number of benzene rings is 2. The molecule has 0 atom stereocenters. The van der Waals surface area contributed by atoms with Gasteiger partial charge in [0.05, 0.1) is 12.3 Å². The first kappa shape index (κ1) is 19.5. The number of nitrogens with zero attached hydrogens (tertiary/aromatic N) is 3. The summed E-state index contributed by atoms with van der Waals surface area (Å²) in [5, 5.41) is 4.61. The van der Waals surface area contributed by atoms with Crippen LogP contribution in [0.3, 0.4) is 0 Å². The van der Waals surface area contributed by atoms with Gasteiger partial charge in [0.15, 0.2) is 0 Å². The van der Waals surface area contributed by atoms with Crippen molar-refractivity contribution in [1.82, 2.24) is 15.0 Å². The molecule has 1 aromatic heterocycles. The highest BCUT2D eigenvalue weighted by Crippen LogP contribution is 2.19. The van der Waals surface area contributed by atoms with Gasteiger partial charge >= 0.3 is 0 Å². The van der Waals surface area contributed by atoms with E-state index in [1.54, 1.807) is 35.8 Å². The summed E-state index contributed by atoms with van der Waals surface area (Å²) in [6, 6.07) is 15.5. The molecule has 0 bridgehead atoms. The van der Waals surface area contributed by atoms with Crippen molar-refractivity contribution < 1.29 is 9.32 Å². The molecule has 140 valence electrons. The molecule has 1 amide bonds. The maximum Gasteiger partial charge on any atom is 0.246 e. The third-order valence-electron chi connectivity index (χ3n) is 3.98. The zero-order valence-corrected chi connectivity index (χ0v) is 16.8. The Balaban J connectivity index is 1.49. The fourth-order valence-electron chi connectivity index (χ4n) is 2.38. The van der Waals surface area contributed by atoms with E-state index in [4.69, 9.17) is 16.1 Å². The molecule has 0 aliphatic carbocycles. The van der Waals surface area contributed by atoms with Crippen LogP contribution in [-0.2, 0) is 17.1 Å². The zero-order chi connectivity index (χ0) is 19.2. The van der Waals surface area contributed by atoms with Crippen LogP contribution < -0.4 is 0 Å². The molecule has 0 spiro atoms. The standard InChI is InChI=1S/C20H20ClN3O2S/c1-14-3-5-15(6-4-14)12-27-13-19(25)24(2)11-18-22-20(23-26-18)16-7-9-17(21)10-8-16/h3-10H,11-13H2,1-2H3. The third-order valence-corrected chi connectivity index (χ3v) is 5.22. The van der Waals surface area contributed by atoms with Gasteiger partial charge in [-0.05, 0) is 36.8 Å². The average Bonchev–Trinajstić information content (AvgIpc) is 3.12. The van der Waals surface area contributed by atoms with Crippen LogP contribution in [0.4, 0.5) is 0 Å². The van der Waals surface area contributed by atoms with Crippen LogP contribution in [0.25, 0.3) is 11.4 Å². The number of rotatable bonds is 7. The van der Waals surface area contributed by atoms with Crippen molar-refractivity contribution in [3.8, 4) is 11.4 Å². The van der Waals surface area contributed by atoms with Crippen LogP contribution >= 0.6 is 23.4 Å². The van der Waals surface area contributed by atoms with Crippen molar-refractivity contribution >= 4 is 29.3 Å². The molecule has 27 heavy (non-hydrogen) atoms. The Morgan fingerprint density at radius 2 is 1.85 bits per heavy atom. The molecule has 5 nitrogen and oxygen atoms in total. The van der Waals surface area contributed by atoms with Crippen molar-refractivity contribution in [3.05, 3.63) is 70.6 Å². The Bertz CT molecular complexity index is 894. The largest absolute Gasteiger partial charge is 0.337 e. The van der Waals surface area contributed by atoms with E-state index in [0.29, 0.717) is 22.5 Å². The quantitative estimate of drug-likeness (QED) is 0.579. The van der Waals surface area contributed by atoms with Crippen molar-refractivity contribution in [1.29, 1.82) is 0 Å². The molecular weight excluding hydrogens is 382 g/mol. The molecule has 3 aromatic rings. The van der Waals surface area contributed by atoms with Gasteiger partial charge in [-0.1, -0.05) is 46.6 Å². The Hall–Kier alpha value is -2.31. The first-order valence-corrected chi connectivity index (χ1v) is 10.0. The maximum atomic E-state index is 12.3. The van der Waals surface area contributed by atoms with Gasteiger partial charge in [-0.25, -0.2) is 0 Å². The van der Waals surface area contributed by atoms with Crippen LogP contribution in [0.5, 0.6) is 0 Å². The van der Waals surface area contributed by atoms with Gasteiger partial charge in [-0.3, -0.25) is 4.79 Å². The van der Waals surface area contributed by atoms with Gasteiger partial charge < -0.3 is 9.42 Å². The van der Waals surface area contributed by atoms with Crippen LogP contribution in [0, 0.1) is 6.92 Å². The van der Waals surface area contributed by atoms with Gasteiger partial charge in [0.25, 0.3) is 0 Å². The van der Waals surface area contributed by atoms with Crippen LogP contribution in [0.2, 0.25) is 5.02 Å². The smallest absolute Gasteiger partial charge is 0.246 e. The molecule has 0 saturated heterocycles. The molecule has 0 fully saturated rings. The second-order valence-corrected chi connectivity index (χ2v) is 7.67. The number of thioether (sulfide) groups is 1. The van der Waals surface area contributed by atoms with Crippen molar-refractivity contribution in [3.63, 3.8) is 0 Å². The number of amides is 1. The summed E-state index contributed by atoms with van der Waals surface area (Å²) in [4.78, 5) is 18.3. The number of aryl methyl sites for hydroxylation is 1. The van der Waals surface area contributed by atoms with E-state index in [2.05, 4.69) is 41.3 Å². The van der Waals surface area contributed by atoms with Crippen LogP contribution in [0.1, 0.15) is 17.0 Å². The maximum absolute atomic E-state index is 12.3. The number of aromatic nitrogens is 2. The fraction of sp³-hybridized carbons (Fsp3) is 0.250. The van der Waals surface area contributed by atoms with E-state index in [1.807, 2.05) is 12.1 Å². The summed E-state index contributed by atoms with van der Waals surface area (Å²) >= 11 is 7.48. The highest BCUT2D eigenvalue weighted by Gasteiger charge is 2.15. The van der Waals surface area contributed by atoms with E-state index >= 15 is 0 Å². The summed E-state index contributed by atoms with van der Waals surface area (Å²) < 4.78 is 5.26. The van der Waals surface area contributed by atoms with Crippen molar-refractivity contribution in [2.45, 2.75) is 19.2 Å². The van der Waals surface area contributed by atoms with Crippen LogP contribution in [-0.4, -0.2) is 33.7 Å². The molecule has 0 aliphatic rings. The second kappa shape index (κ2) is 9.06. The second-order valence-electron chi connectivity index (χ2n) is 6.25. The van der Waals surface area contributed by atoms with E-state index in [0.717, 1.165) is 11.3 Å². The van der Waals surface area contributed by atoms with Crippen molar-refractivity contribution in [2.24, 2.45) is 0 Å². The van der Waals surface area contributed by atoms with Gasteiger partial charge in [0.2, 0.25) is 17.6 Å². The normalized spacial score (nSPS) is 10.8. The first-order chi connectivity index (χ1) is 13.0. The fourth-order valence-corrected chi connectivity index (χ4v) is 3.43. The number of carbonyl (C=O) groups is 1. The van der Waals surface area contributed by atoms with E-state index in [1.165, 1.54) is 11.1 Å². The highest BCUT2D eigenvalue weighted by atomic mass is 35.5.